The molecule has 0 amide bonds. The van der Waals surface area contributed by atoms with Crippen LogP contribution in [-0.2, 0) is 19.4 Å². The average Bonchev–Trinajstić information content (AvgIpc) is 3.17. The highest BCUT2D eigenvalue weighted by Gasteiger charge is 2.26. The number of aryl methyl sites for hydroxylation is 2. The molecule has 1 unspecified atom stereocenters. The lowest BCUT2D eigenvalue weighted by Crippen LogP contribution is -2.45. The number of aromatic hydroxyl groups is 2. The van der Waals surface area contributed by atoms with Crippen LogP contribution in [0.25, 0.3) is 11.1 Å². The summed E-state index contributed by atoms with van der Waals surface area (Å²) in [5.41, 5.74) is 10.3. The minimum Gasteiger partial charge on any atom is -0.504 e. The topological polar surface area (TPSA) is 77.4 Å². The summed E-state index contributed by atoms with van der Waals surface area (Å²) in [4.78, 5) is 5.14. The molecule has 4 aromatic rings. The lowest BCUT2D eigenvalue weighted by Gasteiger charge is -2.40. The van der Waals surface area contributed by atoms with E-state index in [0.717, 1.165) is 86.5 Å². The molecule has 1 saturated heterocycles. The SMILES string of the molecule is CCCc1cc(C2C=C(CN3CCC(N(Cc4cccc(-c5cc(O)c(O)c(CCC)c5)c4)c4ccc(OC)cc4)CC3)C=CN2)cc(OC)c1C. The van der Waals surface area contributed by atoms with Gasteiger partial charge in [-0.2, -0.15) is 0 Å². The number of hydrogen-bond acceptors (Lipinski definition) is 7. The lowest BCUT2D eigenvalue weighted by atomic mass is 9.94. The molecule has 0 radical (unpaired) electrons. The fourth-order valence-electron chi connectivity index (χ4n) is 7.77. The van der Waals surface area contributed by atoms with Crippen molar-refractivity contribution < 1.29 is 19.7 Å². The molecule has 3 N–H and O–H groups in total. The number of benzene rings is 4. The molecule has 0 spiro atoms. The van der Waals surface area contributed by atoms with Gasteiger partial charge in [0.25, 0.3) is 0 Å². The molecular weight excluding hydrogens is 647 g/mol. The van der Waals surface area contributed by atoms with Crippen LogP contribution in [0.15, 0.2) is 96.7 Å². The van der Waals surface area contributed by atoms with Crippen molar-refractivity contribution in [2.45, 2.75) is 77.9 Å². The zero-order valence-corrected chi connectivity index (χ0v) is 31.5. The van der Waals surface area contributed by atoms with Crippen molar-refractivity contribution in [2.75, 3.05) is 38.8 Å². The van der Waals surface area contributed by atoms with Crippen LogP contribution in [0.1, 0.15) is 73.4 Å². The van der Waals surface area contributed by atoms with E-state index in [1.54, 1.807) is 20.3 Å². The number of rotatable bonds is 14. The standard InChI is InChI=1S/C45H55N3O4/c1-6-9-34-25-38(28-44(52-5)31(34)3)42-24-33(17-20-46-42)29-47-21-18-40(19-22-47)48(39-13-15-41(51-4)16-14-39)30-32-11-8-12-35(23-32)37-26-36(10-7-2)45(50)43(49)27-37/h8,11-17,20,23-28,40,42,46,49-50H,6-7,9-10,18-19,21-22,29-30H2,1-5H3. The monoisotopic (exact) mass is 701 g/mol. The Morgan fingerprint density at radius 2 is 1.60 bits per heavy atom. The quantitative estimate of drug-likeness (QED) is 0.113. The number of phenolic OH excluding ortho intramolecular Hbond substituents is 2. The Bertz CT molecular complexity index is 1870. The first kappa shape index (κ1) is 36.9. The van der Waals surface area contributed by atoms with Crippen LogP contribution in [0.2, 0.25) is 0 Å². The van der Waals surface area contributed by atoms with E-state index in [0.29, 0.717) is 12.5 Å². The Morgan fingerprint density at radius 1 is 0.846 bits per heavy atom. The normalized spacial score (nSPS) is 16.3. The third-order valence-corrected chi connectivity index (χ3v) is 10.7. The van der Waals surface area contributed by atoms with Crippen molar-refractivity contribution in [3.8, 4) is 34.1 Å². The Labute approximate surface area is 310 Å². The van der Waals surface area contributed by atoms with Crippen LogP contribution in [0, 0.1) is 6.92 Å². The Morgan fingerprint density at radius 3 is 2.31 bits per heavy atom. The molecule has 2 heterocycles. The largest absolute Gasteiger partial charge is 0.504 e. The van der Waals surface area contributed by atoms with E-state index < -0.39 is 0 Å². The van der Waals surface area contributed by atoms with E-state index in [9.17, 15) is 10.2 Å². The van der Waals surface area contributed by atoms with Gasteiger partial charge in [0.2, 0.25) is 0 Å². The summed E-state index contributed by atoms with van der Waals surface area (Å²) in [5, 5.41) is 24.5. The molecule has 52 heavy (non-hydrogen) atoms. The highest BCUT2D eigenvalue weighted by atomic mass is 16.5. The van der Waals surface area contributed by atoms with Gasteiger partial charge >= 0.3 is 0 Å². The second-order valence-corrected chi connectivity index (χ2v) is 14.3. The van der Waals surface area contributed by atoms with Crippen LogP contribution < -0.4 is 19.7 Å². The van der Waals surface area contributed by atoms with Crippen molar-refractivity contribution in [3.05, 3.63) is 125 Å². The van der Waals surface area contributed by atoms with Crippen LogP contribution in [-0.4, -0.2) is 55.0 Å². The molecule has 1 atom stereocenters. The lowest BCUT2D eigenvalue weighted by molar-refractivity contribution is 0.224. The molecule has 0 aliphatic carbocycles. The fraction of sp³-hybridized carbons (Fsp3) is 0.378. The summed E-state index contributed by atoms with van der Waals surface area (Å²) in [6.07, 6.45) is 12.6. The number of nitrogens with zero attached hydrogens (tertiary/aromatic N) is 2. The Kier molecular flexibility index (Phi) is 12.1. The molecule has 2 aliphatic rings. The van der Waals surface area contributed by atoms with Crippen molar-refractivity contribution in [3.63, 3.8) is 0 Å². The van der Waals surface area contributed by atoms with Gasteiger partial charge in [-0.05, 0) is 138 Å². The molecule has 2 aliphatic heterocycles. The number of anilines is 1. The number of phenols is 2. The van der Waals surface area contributed by atoms with Crippen LogP contribution in [0.4, 0.5) is 5.69 Å². The van der Waals surface area contributed by atoms with Crippen LogP contribution in [0.5, 0.6) is 23.0 Å². The smallest absolute Gasteiger partial charge is 0.160 e. The van der Waals surface area contributed by atoms with Crippen molar-refractivity contribution >= 4 is 5.69 Å². The molecule has 4 aromatic carbocycles. The predicted molar refractivity (Wildman–Crippen MR) is 213 cm³/mol. The van der Waals surface area contributed by atoms with E-state index >= 15 is 0 Å². The number of piperidine rings is 1. The molecular formula is C45H55N3O4. The zero-order valence-electron chi connectivity index (χ0n) is 31.5. The van der Waals surface area contributed by atoms with Gasteiger partial charge in [0.05, 0.1) is 20.3 Å². The number of nitrogens with one attached hydrogen (secondary N) is 1. The molecule has 7 heteroatoms. The van der Waals surface area contributed by atoms with Gasteiger partial charge in [-0.1, -0.05) is 57.0 Å². The predicted octanol–water partition coefficient (Wildman–Crippen LogP) is 9.25. The van der Waals surface area contributed by atoms with E-state index in [4.69, 9.17) is 9.47 Å². The summed E-state index contributed by atoms with van der Waals surface area (Å²) in [6, 6.07) is 25.7. The van der Waals surface area contributed by atoms with E-state index in [-0.39, 0.29) is 17.5 Å². The van der Waals surface area contributed by atoms with Gasteiger partial charge in [-0.25, -0.2) is 0 Å². The summed E-state index contributed by atoms with van der Waals surface area (Å²) < 4.78 is 11.3. The average molecular weight is 702 g/mol. The van der Waals surface area contributed by atoms with Gasteiger partial charge in [-0.3, -0.25) is 4.90 Å². The van der Waals surface area contributed by atoms with Gasteiger partial charge in [0.1, 0.15) is 11.5 Å². The maximum Gasteiger partial charge on any atom is 0.160 e. The second-order valence-electron chi connectivity index (χ2n) is 14.3. The highest BCUT2D eigenvalue weighted by molar-refractivity contribution is 5.69. The minimum absolute atomic E-state index is 0.0148. The van der Waals surface area contributed by atoms with Crippen molar-refractivity contribution in [1.29, 1.82) is 0 Å². The molecule has 0 saturated carbocycles. The number of ether oxygens (including phenoxy) is 2. The Hall–Kier alpha value is -4.88. The fourth-order valence-corrected chi connectivity index (χ4v) is 7.77. The molecule has 1 fully saturated rings. The number of likely N-dealkylation sites (tertiary alicyclic amines) is 1. The van der Waals surface area contributed by atoms with E-state index in [2.05, 4.69) is 103 Å². The summed E-state index contributed by atoms with van der Waals surface area (Å²) in [7, 11) is 3.47. The third-order valence-electron chi connectivity index (χ3n) is 10.7. The van der Waals surface area contributed by atoms with E-state index in [1.807, 2.05) is 18.2 Å². The maximum atomic E-state index is 10.5. The van der Waals surface area contributed by atoms with Crippen molar-refractivity contribution in [2.24, 2.45) is 0 Å². The summed E-state index contributed by atoms with van der Waals surface area (Å²) >= 11 is 0. The second kappa shape index (κ2) is 17.1. The zero-order chi connectivity index (χ0) is 36.6. The van der Waals surface area contributed by atoms with Gasteiger partial charge in [0, 0.05) is 37.9 Å². The number of methoxy groups -OCH3 is 2. The minimum atomic E-state index is -0.0688. The van der Waals surface area contributed by atoms with Gasteiger partial charge in [-0.15, -0.1) is 0 Å². The number of hydrogen-bond donors (Lipinski definition) is 3. The summed E-state index contributed by atoms with van der Waals surface area (Å²) in [6.45, 7) is 10.2. The van der Waals surface area contributed by atoms with Crippen molar-refractivity contribution in [1.82, 2.24) is 10.2 Å². The summed E-state index contributed by atoms with van der Waals surface area (Å²) in [5.74, 6) is 1.73. The van der Waals surface area contributed by atoms with Crippen LogP contribution >= 0.6 is 0 Å². The molecule has 0 aromatic heterocycles. The molecule has 6 rings (SSSR count). The number of dihydropyridines is 1. The molecule has 274 valence electrons. The van der Waals surface area contributed by atoms with Crippen LogP contribution in [0.3, 0.4) is 0 Å². The third kappa shape index (κ3) is 8.59. The first-order chi connectivity index (χ1) is 25.3. The van der Waals surface area contributed by atoms with Gasteiger partial charge in [0.15, 0.2) is 11.5 Å². The highest BCUT2D eigenvalue weighted by Crippen LogP contribution is 2.37. The molecule has 0 bridgehead atoms. The van der Waals surface area contributed by atoms with Gasteiger partial charge < -0.3 is 29.9 Å². The maximum absolute atomic E-state index is 10.5. The first-order valence-electron chi connectivity index (χ1n) is 18.9. The molecule has 7 nitrogen and oxygen atoms in total. The first-order valence-corrected chi connectivity index (χ1v) is 18.9. The Balaban J connectivity index is 1.17. The van der Waals surface area contributed by atoms with E-state index in [1.165, 1.54) is 33.5 Å².